The first-order valence-electron chi connectivity index (χ1n) is 6.15. The molecule has 1 aromatic carbocycles. The number of hydrogen-bond acceptors (Lipinski definition) is 5. The molecule has 0 aliphatic carbocycles. The van der Waals surface area contributed by atoms with Crippen molar-refractivity contribution in [2.45, 2.75) is 13.0 Å². The molecular weight excluding hydrogens is 340 g/mol. The molecule has 1 heterocycles. The lowest BCUT2D eigenvalue weighted by molar-refractivity contribution is 0.355. The molecule has 108 valence electrons. The van der Waals surface area contributed by atoms with E-state index in [1.54, 1.807) is 25.6 Å². The van der Waals surface area contributed by atoms with Crippen molar-refractivity contribution in [2.75, 3.05) is 21.3 Å². The predicted molar refractivity (Wildman–Crippen MR) is 85.8 cm³/mol. The zero-order valence-corrected chi connectivity index (χ0v) is 14.3. The molecule has 1 atom stereocenters. The second-order valence-electron chi connectivity index (χ2n) is 4.27. The fraction of sp³-hybridized carbons (Fsp3) is 0.357. The molecule has 0 amide bonds. The summed E-state index contributed by atoms with van der Waals surface area (Å²) in [5.41, 5.74) is 1.92. The summed E-state index contributed by atoms with van der Waals surface area (Å²) in [6, 6.07) is 4.08. The molecule has 0 aliphatic heterocycles. The van der Waals surface area contributed by atoms with Gasteiger partial charge in [0.05, 0.1) is 26.0 Å². The Labute approximate surface area is 131 Å². The van der Waals surface area contributed by atoms with Crippen molar-refractivity contribution in [1.82, 2.24) is 10.3 Å². The van der Waals surface area contributed by atoms with Gasteiger partial charge in [0.25, 0.3) is 0 Å². The number of benzene rings is 1. The van der Waals surface area contributed by atoms with Crippen molar-refractivity contribution in [3.05, 3.63) is 27.0 Å². The number of halogens is 1. The fourth-order valence-corrected chi connectivity index (χ4v) is 3.19. The van der Waals surface area contributed by atoms with E-state index in [0.29, 0.717) is 11.5 Å². The van der Waals surface area contributed by atoms with Gasteiger partial charge in [0.15, 0.2) is 11.5 Å². The van der Waals surface area contributed by atoms with Crippen LogP contribution in [0.3, 0.4) is 0 Å². The van der Waals surface area contributed by atoms with Crippen LogP contribution in [0.5, 0.6) is 11.5 Å². The first-order valence-corrected chi connectivity index (χ1v) is 7.82. The number of rotatable bonds is 5. The highest BCUT2D eigenvalue weighted by Crippen LogP contribution is 2.39. The van der Waals surface area contributed by atoms with Crippen LogP contribution in [0.1, 0.15) is 18.0 Å². The Kier molecular flexibility index (Phi) is 5.01. The molecule has 20 heavy (non-hydrogen) atoms. The zero-order chi connectivity index (χ0) is 14.7. The van der Waals surface area contributed by atoms with Gasteiger partial charge >= 0.3 is 0 Å². The Morgan fingerprint density at radius 3 is 2.50 bits per heavy atom. The minimum absolute atomic E-state index is 0.243. The van der Waals surface area contributed by atoms with Crippen LogP contribution in [0, 0.1) is 0 Å². The van der Waals surface area contributed by atoms with Crippen LogP contribution in [-0.2, 0) is 0 Å². The summed E-state index contributed by atoms with van der Waals surface area (Å²) in [7, 11) is 5.18. The van der Waals surface area contributed by atoms with Gasteiger partial charge in [-0.05, 0) is 42.0 Å². The Balaban J connectivity index is 2.44. The Morgan fingerprint density at radius 2 is 1.90 bits per heavy atom. The van der Waals surface area contributed by atoms with Gasteiger partial charge in [-0.2, -0.15) is 0 Å². The van der Waals surface area contributed by atoms with Crippen LogP contribution in [0.2, 0.25) is 0 Å². The summed E-state index contributed by atoms with van der Waals surface area (Å²) >= 11 is 5.21. The fourth-order valence-electron chi connectivity index (χ4n) is 1.78. The van der Waals surface area contributed by atoms with E-state index in [9.17, 15) is 0 Å². The van der Waals surface area contributed by atoms with Gasteiger partial charge in [-0.3, -0.25) is 0 Å². The molecule has 4 nitrogen and oxygen atoms in total. The average molecular weight is 357 g/mol. The van der Waals surface area contributed by atoms with Crippen molar-refractivity contribution >= 4 is 27.3 Å². The number of nitrogens with zero attached hydrogens (tertiary/aromatic N) is 1. The van der Waals surface area contributed by atoms with Crippen LogP contribution >= 0.6 is 27.3 Å². The first-order chi connectivity index (χ1) is 9.60. The lowest BCUT2D eigenvalue weighted by atomic mass is 10.1. The van der Waals surface area contributed by atoms with Gasteiger partial charge in [-0.15, -0.1) is 11.3 Å². The third-order valence-corrected chi connectivity index (χ3v) is 4.76. The summed E-state index contributed by atoms with van der Waals surface area (Å²) in [6.07, 6.45) is 0. The van der Waals surface area contributed by atoms with Crippen molar-refractivity contribution in [3.8, 4) is 22.8 Å². The van der Waals surface area contributed by atoms with E-state index in [1.807, 2.05) is 19.2 Å². The van der Waals surface area contributed by atoms with Gasteiger partial charge < -0.3 is 14.8 Å². The van der Waals surface area contributed by atoms with Crippen molar-refractivity contribution in [2.24, 2.45) is 0 Å². The van der Waals surface area contributed by atoms with E-state index in [-0.39, 0.29) is 6.04 Å². The quantitative estimate of drug-likeness (QED) is 0.882. The lowest BCUT2D eigenvalue weighted by Gasteiger charge is -2.10. The first kappa shape index (κ1) is 15.3. The molecule has 0 fully saturated rings. The van der Waals surface area contributed by atoms with E-state index in [4.69, 9.17) is 9.47 Å². The summed E-state index contributed by atoms with van der Waals surface area (Å²) in [4.78, 5) is 4.67. The van der Waals surface area contributed by atoms with Crippen molar-refractivity contribution < 1.29 is 9.47 Å². The lowest BCUT2D eigenvalue weighted by Crippen LogP contribution is -2.11. The predicted octanol–water partition coefficient (Wildman–Crippen LogP) is 3.87. The second-order valence-corrected chi connectivity index (χ2v) is 6.01. The SMILES string of the molecule is CNC(C)c1nc(-c2cc(OC)c(OC)cc2Br)cs1. The van der Waals surface area contributed by atoms with Crippen LogP contribution in [-0.4, -0.2) is 26.3 Å². The second kappa shape index (κ2) is 6.56. The molecule has 0 saturated carbocycles. The zero-order valence-electron chi connectivity index (χ0n) is 11.9. The standard InChI is InChI=1S/C14H17BrN2O2S/c1-8(16-2)14-17-11(7-20-14)9-5-12(18-3)13(19-4)6-10(9)15/h5-8,16H,1-4H3. The van der Waals surface area contributed by atoms with Gasteiger partial charge in [-0.25, -0.2) is 4.98 Å². The number of aromatic nitrogens is 1. The topological polar surface area (TPSA) is 43.4 Å². The molecule has 2 rings (SSSR count). The normalized spacial score (nSPS) is 12.2. The van der Waals surface area contributed by atoms with Crippen molar-refractivity contribution in [1.29, 1.82) is 0 Å². The van der Waals surface area contributed by atoms with E-state index in [2.05, 4.69) is 38.5 Å². The highest BCUT2D eigenvalue weighted by molar-refractivity contribution is 9.10. The molecule has 0 aliphatic rings. The molecule has 2 aromatic rings. The Bertz CT molecular complexity index is 601. The third kappa shape index (κ3) is 2.97. The molecule has 6 heteroatoms. The monoisotopic (exact) mass is 356 g/mol. The van der Waals surface area contributed by atoms with Crippen LogP contribution in [0.25, 0.3) is 11.3 Å². The number of nitrogens with one attached hydrogen (secondary N) is 1. The van der Waals surface area contributed by atoms with Gasteiger partial charge in [0.1, 0.15) is 5.01 Å². The molecule has 1 unspecified atom stereocenters. The number of hydrogen-bond donors (Lipinski definition) is 1. The molecule has 1 aromatic heterocycles. The van der Waals surface area contributed by atoms with Gasteiger partial charge in [0, 0.05) is 15.4 Å². The average Bonchev–Trinajstić information content (AvgIpc) is 2.95. The maximum atomic E-state index is 5.35. The molecule has 0 radical (unpaired) electrons. The minimum Gasteiger partial charge on any atom is -0.493 e. The summed E-state index contributed by atoms with van der Waals surface area (Å²) < 4.78 is 11.6. The van der Waals surface area contributed by atoms with E-state index in [1.165, 1.54) is 0 Å². The largest absolute Gasteiger partial charge is 0.493 e. The van der Waals surface area contributed by atoms with Crippen LogP contribution in [0.15, 0.2) is 22.0 Å². The van der Waals surface area contributed by atoms with Crippen molar-refractivity contribution in [3.63, 3.8) is 0 Å². The molecule has 0 spiro atoms. The highest BCUT2D eigenvalue weighted by atomic mass is 79.9. The minimum atomic E-state index is 0.243. The van der Waals surface area contributed by atoms with E-state index < -0.39 is 0 Å². The smallest absolute Gasteiger partial charge is 0.161 e. The van der Waals surface area contributed by atoms with Crippen LogP contribution < -0.4 is 14.8 Å². The number of methoxy groups -OCH3 is 2. The Morgan fingerprint density at radius 1 is 1.25 bits per heavy atom. The summed E-state index contributed by atoms with van der Waals surface area (Å²) in [5.74, 6) is 1.39. The van der Waals surface area contributed by atoms with E-state index >= 15 is 0 Å². The maximum Gasteiger partial charge on any atom is 0.161 e. The van der Waals surface area contributed by atoms with Gasteiger partial charge in [0.2, 0.25) is 0 Å². The Hall–Kier alpha value is -1.11. The maximum absolute atomic E-state index is 5.35. The summed E-state index contributed by atoms with van der Waals surface area (Å²) in [5, 5.41) is 6.30. The molecular formula is C14H17BrN2O2S. The third-order valence-electron chi connectivity index (χ3n) is 3.07. The number of ether oxygens (including phenoxy) is 2. The molecule has 0 bridgehead atoms. The summed E-state index contributed by atoms with van der Waals surface area (Å²) in [6.45, 7) is 2.09. The number of thiazole rings is 1. The van der Waals surface area contributed by atoms with Crippen LogP contribution in [0.4, 0.5) is 0 Å². The van der Waals surface area contributed by atoms with E-state index in [0.717, 1.165) is 20.7 Å². The molecule has 0 saturated heterocycles. The van der Waals surface area contributed by atoms with Gasteiger partial charge in [-0.1, -0.05) is 0 Å². The highest BCUT2D eigenvalue weighted by Gasteiger charge is 2.15. The molecule has 1 N–H and O–H groups in total.